The standard InChI is InChI=1S/C14H18FN3O/c1-4-16-8-13-17-9(2)14(18-13)11-7-10(15)5-6-12(11)19-3/h5-7,16H,4,8H2,1-3H3,(H,17,18). The first-order chi connectivity index (χ1) is 9.15. The average molecular weight is 263 g/mol. The predicted octanol–water partition coefficient (Wildman–Crippen LogP) is 2.64. The van der Waals surface area contributed by atoms with Crippen molar-refractivity contribution in [1.82, 2.24) is 15.3 Å². The van der Waals surface area contributed by atoms with E-state index in [-0.39, 0.29) is 5.82 Å². The van der Waals surface area contributed by atoms with E-state index in [2.05, 4.69) is 15.3 Å². The van der Waals surface area contributed by atoms with Crippen LogP contribution in [0.1, 0.15) is 18.4 Å². The molecule has 0 atom stereocenters. The molecular formula is C14H18FN3O. The van der Waals surface area contributed by atoms with Gasteiger partial charge in [-0.05, 0) is 31.7 Å². The van der Waals surface area contributed by atoms with E-state index < -0.39 is 0 Å². The third-order valence-corrected chi connectivity index (χ3v) is 2.89. The summed E-state index contributed by atoms with van der Waals surface area (Å²) < 4.78 is 18.7. The van der Waals surface area contributed by atoms with Crippen LogP contribution in [0.5, 0.6) is 5.75 Å². The van der Waals surface area contributed by atoms with Gasteiger partial charge < -0.3 is 15.0 Å². The maximum atomic E-state index is 13.4. The Labute approximate surface area is 112 Å². The van der Waals surface area contributed by atoms with E-state index in [0.29, 0.717) is 17.9 Å². The molecular weight excluding hydrogens is 245 g/mol. The molecule has 0 aliphatic heterocycles. The summed E-state index contributed by atoms with van der Waals surface area (Å²) >= 11 is 0. The highest BCUT2D eigenvalue weighted by Gasteiger charge is 2.14. The van der Waals surface area contributed by atoms with Crippen LogP contribution in [0.4, 0.5) is 4.39 Å². The number of ether oxygens (including phenoxy) is 1. The molecule has 0 radical (unpaired) electrons. The van der Waals surface area contributed by atoms with Crippen molar-refractivity contribution in [2.75, 3.05) is 13.7 Å². The summed E-state index contributed by atoms with van der Waals surface area (Å²) in [7, 11) is 1.57. The Morgan fingerprint density at radius 2 is 2.21 bits per heavy atom. The number of aromatic amines is 1. The molecule has 0 unspecified atom stereocenters. The fourth-order valence-electron chi connectivity index (χ4n) is 1.98. The smallest absolute Gasteiger partial charge is 0.128 e. The van der Waals surface area contributed by atoms with Crippen molar-refractivity contribution in [3.8, 4) is 17.0 Å². The lowest BCUT2D eigenvalue weighted by molar-refractivity contribution is 0.415. The van der Waals surface area contributed by atoms with Crippen molar-refractivity contribution in [2.24, 2.45) is 0 Å². The summed E-state index contributed by atoms with van der Waals surface area (Å²) in [5, 5.41) is 3.20. The molecule has 0 fully saturated rings. The lowest BCUT2D eigenvalue weighted by Crippen LogP contribution is -2.12. The van der Waals surface area contributed by atoms with E-state index in [4.69, 9.17) is 4.74 Å². The number of hydrogen-bond acceptors (Lipinski definition) is 3. The minimum absolute atomic E-state index is 0.300. The van der Waals surface area contributed by atoms with E-state index in [1.807, 2.05) is 13.8 Å². The summed E-state index contributed by atoms with van der Waals surface area (Å²) in [4.78, 5) is 7.70. The van der Waals surface area contributed by atoms with Crippen LogP contribution in [0.15, 0.2) is 18.2 Å². The van der Waals surface area contributed by atoms with Gasteiger partial charge in [0.15, 0.2) is 0 Å². The number of aryl methyl sites for hydroxylation is 1. The topological polar surface area (TPSA) is 49.9 Å². The molecule has 2 rings (SSSR count). The second-order valence-electron chi connectivity index (χ2n) is 4.28. The Kier molecular flexibility index (Phi) is 4.16. The summed E-state index contributed by atoms with van der Waals surface area (Å²) in [5.74, 6) is 1.15. The van der Waals surface area contributed by atoms with Crippen molar-refractivity contribution in [3.05, 3.63) is 35.5 Å². The molecule has 0 saturated carbocycles. The SMILES string of the molecule is CCNCc1nc(-c2cc(F)ccc2OC)c(C)[nH]1. The third-order valence-electron chi connectivity index (χ3n) is 2.89. The van der Waals surface area contributed by atoms with Gasteiger partial charge in [0.25, 0.3) is 0 Å². The molecule has 2 aromatic rings. The zero-order valence-electron chi connectivity index (χ0n) is 11.4. The quantitative estimate of drug-likeness (QED) is 0.872. The fraction of sp³-hybridized carbons (Fsp3) is 0.357. The zero-order chi connectivity index (χ0) is 13.8. The van der Waals surface area contributed by atoms with Gasteiger partial charge in [0, 0.05) is 11.3 Å². The average Bonchev–Trinajstić information content (AvgIpc) is 2.77. The molecule has 19 heavy (non-hydrogen) atoms. The van der Waals surface area contributed by atoms with Gasteiger partial charge in [0.05, 0.1) is 19.3 Å². The highest BCUT2D eigenvalue weighted by molar-refractivity contribution is 5.69. The Balaban J connectivity index is 2.40. The Bertz CT molecular complexity index is 566. The molecule has 0 aliphatic carbocycles. The number of hydrogen-bond donors (Lipinski definition) is 2. The van der Waals surface area contributed by atoms with Crippen molar-refractivity contribution in [3.63, 3.8) is 0 Å². The number of methoxy groups -OCH3 is 1. The van der Waals surface area contributed by atoms with Crippen LogP contribution < -0.4 is 10.1 Å². The van der Waals surface area contributed by atoms with Crippen molar-refractivity contribution >= 4 is 0 Å². The lowest BCUT2D eigenvalue weighted by atomic mass is 10.1. The van der Waals surface area contributed by atoms with Gasteiger partial charge in [0.1, 0.15) is 17.4 Å². The minimum Gasteiger partial charge on any atom is -0.496 e. The predicted molar refractivity (Wildman–Crippen MR) is 72.7 cm³/mol. The van der Waals surface area contributed by atoms with Gasteiger partial charge in [-0.25, -0.2) is 9.37 Å². The summed E-state index contributed by atoms with van der Waals surface area (Å²) in [6, 6.07) is 4.44. The van der Waals surface area contributed by atoms with E-state index in [1.165, 1.54) is 12.1 Å². The van der Waals surface area contributed by atoms with Crippen LogP contribution in [-0.2, 0) is 6.54 Å². The molecule has 102 valence electrons. The van der Waals surface area contributed by atoms with Gasteiger partial charge in [0.2, 0.25) is 0 Å². The molecule has 0 amide bonds. The monoisotopic (exact) mass is 263 g/mol. The lowest BCUT2D eigenvalue weighted by Gasteiger charge is -2.06. The summed E-state index contributed by atoms with van der Waals surface area (Å²) in [5.41, 5.74) is 2.29. The minimum atomic E-state index is -0.300. The van der Waals surface area contributed by atoms with E-state index in [9.17, 15) is 4.39 Å². The number of benzene rings is 1. The molecule has 0 aliphatic rings. The molecule has 1 aromatic carbocycles. The van der Waals surface area contributed by atoms with Gasteiger partial charge in [-0.15, -0.1) is 0 Å². The van der Waals surface area contributed by atoms with Gasteiger partial charge in [-0.1, -0.05) is 6.92 Å². The third kappa shape index (κ3) is 2.93. The molecule has 0 spiro atoms. The number of rotatable bonds is 5. The van der Waals surface area contributed by atoms with Gasteiger partial charge in [-0.2, -0.15) is 0 Å². The molecule has 0 saturated heterocycles. The number of halogens is 1. The zero-order valence-corrected chi connectivity index (χ0v) is 11.4. The molecule has 4 nitrogen and oxygen atoms in total. The van der Waals surface area contributed by atoms with Crippen LogP contribution >= 0.6 is 0 Å². The number of imidazole rings is 1. The number of nitrogens with one attached hydrogen (secondary N) is 2. The van der Waals surface area contributed by atoms with Crippen LogP contribution in [0.2, 0.25) is 0 Å². The Morgan fingerprint density at radius 3 is 2.89 bits per heavy atom. The first-order valence-corrected chi connectivity index (χ1v) is 6.25. The van der Waals surface area contributed by atoms with E-state index in [1.54, 1.807) is 13.2 Å². The first kappa shape index (κ1) is 13.5. The number of aromatic nitrogens is 2. The second-order valence-corrected chi connectivity index (χ2v) is 4.28. The van der Waals surface area contributed by atoms with E-state index in [0.717, 1.165) is 23.8 Å². The normalized spacial score (nSPS) is 10.7. The Morgan fingerprint density at radius 1 is 1.42 bits per heavy atom. The highest BCUT2D eigenvalue weighted by Crippen LogP contribution is 2.31. The number of H-pyrrole nitrogens is 1. The molecule has 0 bridgehead atoms. The summed E-state index contributed by atoms with van der Waals surface area (Å²) in [6.07, 6.45) is 0. The van der Waals surface area contributed by atoms with Crippen molar-refractivity contribution in [2.45, 2.75) is 20.4 Å². The highest BCUT2D eigenvalue weighted by atomic mass is 19.1. The molecule has 1 heterocycles. The summed E-state index contributed by atoms with van der Waals surface area (Å²) in [6.45, 7) is 5.49. The maximum Gasteiger partial charge on any atom is 0.128 e. The van der Waals surface area contributed by atoms with E-state index >= 15 is 0 Å². The van der Waals surface area contributed by atoms with Gasteiger partial charge in [-0.3, -0.25) is 0 Å². The number of nitrogens with zero attached hydrogens (tertiary/aromatic N) is 1. The fourth-order valence-corrected chi connectivity index (χ4v) is 1.98. The van der Waals surface area contributed by atoms with Crippen LogP contribution in [0, 0.1) is 12.7 Å². The van der Waals surface area contributed by atoms with Crippen molar-refractivity contribution < 1.29 is 9.13 Å². The largest absolute Gasteiger partial charge is 0.496 e. The molecule has 2 N–H and O–H groups in total. The first-order valence-electron chi connectivity index (χ1n) is 6.25. The Hall–Kier alpha value is -1.88. The van der Waals surface area contributed by atoms with Gasteiger partial charge >= 0.3 is 0 Å². The maximum absolute atomic E-state index is 13.4. The van der Waals surface area contributed by atoms with Crippen LogP contribution in [0.25, 0.3) is 11.3 Å². The van der Waals surface area contributed by atoms with Crippen LogP contribution in [-0.4, -0.2) is 23.6 Å². The van der Waals surface area contributed by atoms with Crippen molar-refractivity contribution in [1.29, 1.82) is 0 Å². The molecule has 5 heteroatoms. The second kappa shape index (κ2) is 5.84. The molecule has 1 aromatic heterocycles. The van der Waals surface area contributed by atoms with Crippen LogP contribution in [0.3, 0.4) is 0 Å².